The van der Waals surface area contributed by atoms with Crippen molar-refractivity contribution in [1.29, 1.82) is 0 Å². The van der Waals surface area contributed by atoms with Gasteiger partial charge in [0, 0.05) is 16.6 Å². The summed E-state index contributed by atoms with van der Waals surface area (Å²) >= 11 is 12.4. The van der Waals surface area contributed by atoms with Gasteiger partial charge in [0.05, 0.1) is 12.1 Å². The second-order valence-corrected chi connectivity index (χ2v) is 5.14. The van der Waals surface area contributed by atoms with Crippen LogP contribution in [0, 0.1) is 0 Å². The van der Waals surface area contributed by atoms with Crippen LogP contribution < -0.4 is 10.1 Å². The number of methoxy groups -OCH3 is 1. The Kier molecular flexibility index (Phi) is 3.34. The summed E-state index contributed by atoms with van der Waals surface area (Å²) in [7, 11) is 1.59. The predicted molar refractivity (Wildman–Crippen MR) is 67.6 cm³/mol. The Balaban J connectivity index is 2.45. The van der Waals surface area contributed by atoms with E-state index in [1.807, 2.05) is 6.07 Å². The maximum Gasteiger partial charge on any atom is 0.138 e. The minimum atomic E-state index is -0.0625. The smallest absolute Gasteiger partial charge is 0.138 e. The maximum atomic E-state index is 6.27. The van der Waals surface area contributed by atoms with Crippen molar-refractivity contribution < 1.29 is 4.74 Å². The third kappa shape index (κ3) is 2.02. The summed E-state index contributed by atoms with van der Waals surface area (Å²) in [5.41, 5.74) is 0.991. The molecule has 4 heteroatoms. The quantitative estimate of drug-likeness (QED) is 0.877. The third-order valence-electron chi connectivity index (χ3n) is 3.20. The number of rotatable bonds is 2. The molecule has 1 N–H and O–H groups in total. The molecule has 88 valence electrons. The predicted octanol–water partition coefficient (Wildman–Crippen LogP) is 3.60. The van der Waals surface area contributed by atoms with E-state index in [1.165, 1.54) is 0 Å². The highest BCUT2D eigenvalue weighted by Crippen LogP contribution is 2.39. The highest BCUT2D eigenvalue weighted by molar-refractivity contribution is 6.34. The first kappa shape index (κ1) is 12.0. The second-order valence-electron chi connectivity index (χ2n) is 4.33. The molecular weight excluding hydrogens is 245 g/mol. The molecule has 0 amide bonds. The number of benzene rings is 1. The third-order valence-corrected chi connectivity index (χ3v) is 3.81. The van der Waals surface area contributed by atoms with Gasteiger partial charge in [0.2, 0.25) is 0 Å². The molecule has 0 aromatic heterocycles. The number of ether oxygens (including phenoxy) is 1. The molecule has 1 fully saturated rings. The Bertz CT molecular complexity index is 400. The van der Waals surface area contributed by atoms with E-state index in [4.69, 9.17) is 27.9 Å². The highest BCUT2D eigenvalue weighted by atomic mass is 35.5. The van der Waals surface area contributed by atoms with Gasteiger partial charge >= 0.3 is 0 Å². The van der Waals surface area contributed by atoms with Gasteiger partial charge < -0.3 is 10.1 Å². The van der Waals surface area contributed by atoms with Crippen LogP contribution >= 0.6 is 23.2 Å². The lowest BCUT2D eigenvalue weighted by Crippen LogP contribution is -2.33. The molecule has 1 aliphatic heterocycles. The first-order valence-corrected chi connectivity index (χ1v) is 6.11. The lowest BCUT2D eigenvalue weighted by molar-refractivity contribution is 0.411. The van der Waals surface area contributed by atoms with Gasteiger partial charge in [-0.1, -0.05) is 23.2 Å². The van der Waals surface area contributed by atoms with Gasteiger partial charge in [-0.3, -0.25) is 0 Å². The van der Waals surface area contributed by atoms with Crippen LogP contribution in [0.4, 0.5) is 0 Å². The average molecular weight is 260 g/mol. The van der Waals surface area contributed by atoms with Crippen molar-refractivity contribution in [2.45, 2.75) is 25.3 Å². The van der Waals surface area contributed by atoms with Gasteiger partial charge in [-0.15, -0.1) is 0 Å². The molecule has 0 aliphatic carbocycles. The molecule has 1 aromatic carbocycles. The summed E-state index contributed by atoms with van der Waals surface area (Å²) in [5, 5.41) is 4.79. The van der Waals surface area contributed by atoms with E-state index < -0.39 is 0 Å². The summed E-state index contributed by atoms with van der Waals surface area (Å²) in [6, 6.07) is 3.69. The van der Waals surface area contributed by atoms with Crippen LogP contribution in [-0.2, 0) is 5.54 Å². The summed E-state index contributed by atoms with van der Waals surface area (Å²) in [6.07, 6.45) is 2.24. The first-order chi connectivity index (χ1) is 7.57. The fourth-order valence-corrected chi connectivity index (χ4v) is 2.84. The van der Waals surface area contributed by atoms with Crippen molar-refractivity contribution in [1.82, 2.24) is 5.32 Å². The Morgan fingerprint density at radius 2 is 2.06 bits per heavy atom. The van der Waals surface area contributed by atoms with Crippen molar-refractivity contribution in [3.8, 4) is 5.75 Å². The van der Waals surface area contributed by atoms with E-state index in [1.54, 1.807) is 13.2 Å². The van der Waals surface area contributed by atoms with Crippen molar-refractivity contribution in [2.24, 2.45) is 0 Å². The second kappa shape index (κ2) is 4.44. The molecule has 0 bridgehead atoms. The molecule has 1 aromatic rings. The van der Waals surface area contributed by atoms with Crippen LogP contribution in [-0.4, -0.2) is 13.7 Å². The Hall–Kier alpha value is -0.440. The summed E-state index contributed by atoms with van der Waals surface area (Å²) in [6.45, 7) is 3.18. The normalized spacial score (nSPS) is 24.8. The van der Waals surface area contributed by atoms with Gasteiger partial charge in [-0.25, -0.2) is 0 Å². The van der Waals surface area contributed by atoms with E-state index in [-0.39, 0.29) is 5.54 Å². The molecule has 1 aliphatic rings. The van der Waals surface area contributed by atoms with Gasteiger partial charge in [0.1, 0.15) is 5.75 Å². The lowest BCUT2D eigenvalue weighted by Gasteiger charge is -2.26. The summed E-state index contributed by atoms with van der Waals surface area (Å²) in [5.74, 6) is 0.622. The first-order valence-electron chi connectivity index (χ1n) is 5.35. The number of hydrogen-bond acceptors (Lipinski definition) is 2. The van der Waals surface area contributed by atoms with Crippen molar-refractivity contribution >= 4 is 23.2 Å². The van der Waals surface area contributed by atoms with E-state index in [9.17, 15) is 0 Å². The molecule has 1 heterocycles. The van der Waals surface area contributed by atoms with Crippen LogP contribution in [0.15, 0.2) is 12.1 Å². The van der Waals surface area contributed by atoms with E-state index in [2.05, 4.69) is 12.2 Å². The van der Waals surface area contributed by atoms with Gasteiger partial charge in [-0.2, -0.15) is 0 Å². The van der Waals surface area contributed by atoms with Crippen molar-refractivity contribution in [3.05, 3.63) is 27.7 Å². The molecule has 0 saturated carbocycles. The monoisotopic (exact) mass is 259 g/mol. The van der Waals surface area contributed by atoms with E-state index in [0.29, 0.717) is 15.8 Å². The fraction of sp³-hybridized carbons (Fsp3) is 0.500. The van der Waals surface area contributed by atoms with Gasteiger partial charge in [0.25, 0.3) is 0 Å². The Morgan fingerprint density at radius 3 is 2.62 bits per heavy atom. The standard InChI is InChI=1S/C12H15Cl2NO/c1-12(4-3-5-15-12)8-6-10(14)11(16-2)7-9(8)13/h6-7,15H,3-5H2,1-2H3. The minimum Gasteiger partial charge on any atom is -0.495 e. The van der Waals surface area contributed by atoms with Crippen molar-refractivity contribution in [2.75, 3.05) is 13.7 Å². The zero-order chi connectivity index (χ0) is 11.8. The van der Waals surface area contributed by atoms with Crippen LogP contribution in [0.1, 0.15) is 25.3 Å². The molecule has 1 atom stereocenters. The number of nitrogens with one attached hydrogen (secondary N) is 1. The van der Waals surface area contributed by atoms with E-state index >= 15 is 0 Å². The molecule has 1 saturated heterocycles. The molecule has 0 radical (unpaired) electrons. The molecule has 0 spiro atoms. The van der Waals surface area contributed by atoms with Gasteiger partial charge in [-0.05, 0) is 37.9 Å². The number of halogens is 2. The van der Waals surface area contributed by atoms with Crippen LogP contribution in [0.2, 0.25) is 10.0 Å². The lowest BCUT2D eigenvalue weighted by atomic mass is 9.90. The average Bonchev–Trinajstić information content (AvgIpc) is 2.69. The minimum absolute atomic E-state index is 0.0625. The largest absolute Gasteiger partial charge is 0.495 e. The van der Waals surface area contributed by atoms with Crippen LogP contribution in [0.25, 0.3) is 0 Å². The molecule has 16 heavy (non-hydrogen) atoms. The zero-order valence-corrected chi connectivity index (χ0v) is 11.0. The zero-order valence-electron chi connectivity index (χ0n) is 9.44. The van der Waals surface area contributed by atoms with Gasteiger partial charge in [0.15, 0.2) is 0 Å². The molecule has 1 unspecified atom stereocenters. The summed E-state index contributed by atoms with van der Waals surface area (Å²) in [4.78, 5) is 0. The van der Waals surface area contributed by atoms with Crippen LogP contribution in [0.3, 0.4) is 0 Å². The molecule has 2 nitrogen and oxygen atoms in total. The van der Waals surface area contributed by atoms with E-state index in [0.717, 1.165) is 24.9 Å². The SMILES string of the molecule is COc1cc(Cl)c(C2(C)CCCN2)cc1Cl. The highest BCUT2D eigenvalue weighted by Gasteiger charge is 2.32. The Labute approximate surface area is 106 Å². The van der Waals surface area contributed by atoms with Crippen LogP contribution in [0.5, 0.6) is 5.75 Å². The van der Waals surface area contributed by atoms with Crippen molar-refractivity contribution in [3.63, 3.8) is 0 Å². The molecule has 2 rings (SSSR count). The fourth-order valence-electron chi connectivity index (χ4n) is 2.23. The maximum absolute atomic E-state index is 6.27. The summed E-state index contributed by atoms with van der Waals surface area (Å²) < 4.78 is 5.14. The molecular formula is C12H15Cl2NO. The topological polar surface area (TPSA) is 21.3 Å². The Morgan fingerprint density at radius 1 is 1.31 bits per heavy atom. The number of hydrogen-bond donors (Lipinski definition) is 1.